The van der Waals surface area contributed by atoms with Gasteiger partial charge in [-0.2, -0.15) is 0 Å². The summed E-state index contributed by atoms with van der Waals surface area (Å²) in [5.74, 6) is -0.666. The van der Waals surface area contributed by atoms with E-state index in [0.29, 0.717) is 38.8 Å². The number of nitrogens with two attached hydrogens (primary N) is 1. The predicted molar refractivity (Wildman–Crippen MR) is 73.7 cm³/mol. The number of nitrogens with zero attached hydrogens (tertiary/aromatic N) is 1. The molecular formula is C14H26N2O3. The lowest BCUT2D eigenvalue weighted by atomic mass is 9.76. The summed E-state index contributed by atoms with van der Waals surface area (Å²) >= 11 is 0. The second-order valence-electron chi connectivity index (χ2n) is 5.57. The van der Waals surface area contributed by atoms with E-state index in [0.717, 1.165) is 12.8 Å². The highest BCUT2D eigenvalue weighted by Crippen LogP contribution is 2.35. The van der Waals surface area contributed by atoms with Crippen LogP contribution in [0.25, 0.3) is 0 Å². The Morgan fingerprint density at radius 2 is 1.89 bits per heavy atom. The number of carbonyl (C=O) groups is 2. The normalized spacial score (nSPS) is 20.1. The molecule has 1 aliphatic rings. The molecule has 0 aromatic heterocycles. The Hall–Kier alpha value is -1.10. The standard InChI is InChI=1S/C14H26N2O3/c1-3-5-11(15)10-12(17)16-8-6-14(4-2,7-9-16)13(18)19/h11H,3-10,15H2,1-2H3,(H,18,19). The number of hydrogen-bond acceptors (Lipinski definition) is 3. The van der Waals surface area contributed by atoms with Crippen molar-refractivity contribution in [1.29, 1.82) is 0 Å². The van der Waals surface area contributed by atoms with E-state index >= 15 is 0 Å². The first kappa shape index (κ1) is 16.0. The van der Waals surface area contributed by atoms with Crippen molar-refractivity contribution >= 4 is 11.9 Å². The van der Waals surface area contributed by atoms with Crippen LogP contribution >= 0.6 is 0 Å². The van der Waals surface area contributed by atoms with Crippen molar-refractivity contribution in [3.63, 3.8) is 0 Å². The molecule has 1 fully saturated rings. The van der Waals surface area contributed by atoms with Gasteiger partial charge in [-0.3, -0.25) is 9.59 Å². The van der Waals surface area contributed by atoms with Crippen molar-refractivity contribution in [1.82, 2.24) is 4.90 Å². The first-order valence-electron chi connectivity index (χ1n) is 7.22. The SMILES string of the molecule is CCCC(N)CC(=O)N1CCC(CC)(C(=O)O)CC1. The molecule has 0 saturated carbocycles. The lowest BCUT2D eigenvalue weighted by Crippen LogP contribution is -2.47. The third-order valence-corrected chi connectivity index (χ3v) is 4.30. The molecule has 1 aliphatic heterocycles. The second kappa shape index (κ2) is 6.89. The minimum Gasteiger partial charge on any atom is -0.481 e. The minimum absolute atomic E-state index is 0.0658. The highest BCUT2D eigenvalue weighted by atomic mass is 16.4. The summed E-state index contributed by atoms with van der Waals surface area (Å²) in [6.45, 7) is 5.03. The van der Waals surface area contributed by atoms with Gasteiger partial charge in [0.1, 0.15) is 0 Å². The van der Waals surface area contributed by atoms with E-state index in [1.807, 2.05) is 13.8 Å². The van der Waals surface area contributed by atoms with Gasteiger partial charge >= 0.3 is 5.97 Å². The molecule has 0 spiro atoms. The summed E-state index contributed by atoms with van der Waals surface area (Å²) in [7, 11) is 0. The molecule has 1 atom stereocenters. The van der Waals surface area contributed by atoms with Crippen LogP contribution in [0.2, 0.25) is 0 Å². The average Bonchev–Trinajstić information content (AvgIpc) is 2.38. The summed E-state index contributed by atoms with van der Waals surface area (Å²) in [5, 5.41) is 9.31. The van der Waals surface area contributed by atoms with Crippen LogP contribution in [0.5, 0.6) is 0 Å². The van der Waals surface area contributed by atoms with Gasteiger partial charge in [-0.05, 0) is 25.7 Å². The third-order valence-electron chi connectivity index (χ3n) is 4.30. The Kier molecular flexibility index (Phi) is 5.79. The van der Waals surface area contributed by atoms with E-state index in [1.165, 1.54) is 0 Å². The van der Waals surface area contributed by atoms with Gasteiger partial charge < -0.3 is 15.7 Å². The largest absolute Gasteiger partial charge is 0.481 e. The highest BCUT2D eigenvalue weighted by Gasteiger charge is 2.40. The molecule has 0 aromatic rings. The number of rotatable bonds is 6. The van der Waals surface area contributed by atoms with E-state index < -0.39 is 11.4 Å². The van der Waals surface area contributed by atoms with Crippen molar-refractivity contribution < 1.29 is 14.7 Å². The fraction of sp³-hybridized carbons (Fsp3) is 0.857. The van der Waals surface area contributed by atoms with Crippen molar-refractivity contribution in [3.8, 4) is 0 Å². The topological polar surface area (TPSA) is 83.6 Å². The number of amides is 1. The van der Waals surface area contributed by atoms with Crippen LogP contribution < -0.4 is 5.73 Å². The average molecular weight is 270 g/mol. The zero-order valence-electron chi connectivity index (χ0n) is 12.0. The summed E-state index contributed by atoms with van der Waals surface area (Å²) in [6.07, 6.45) is 3.93. The molecule has 0 aliphatic carbocycles. The molecule has 19 heavy (non-hydrogen) atoms. The maximum Gasteiger partial charge on any atom is 0.309 e. The van der Waals surface area contributed by atoms with Gasteiger partial charge in [0.15, 0.2) is 0 Å². The van der Waals surface area contributed by atoms with Gasteiger partial charge in [-0.25, -0.2) is 0 Å². The number of likely N-dealkylation sites (tertiary alicyclic amines) is 1. The first-order chi connectivity index (χ1) is 8.95. The van der Waals surface area contributed by atoms with Crippen molar-refractivity contribution in [2.24, 2.45) is 11.1 Å². The molecule has 0 aromatic carbocycles. The molecule has 0 radical (unpaired) electrons. The van der Waals surface area contributed by atoms with E-state index in [1.54, 1.807) is 4.90 Å². The summed E-state index contributed by atoms with van der Waals surface area (Å²) < 4.78 is 0. The Balaban J connectivity index is 2.49. The van der Waals surface area contributed by atoms with Crippen LogP contribution in [0.3, 0.4) is 0 Å². The maximum atomic E-state index is 12.1. The van der Waals surface area contributed by atoms with Gasteiger partial charge in [-0.1, -0.05) is 20.3 Å². The zero-order chi connectivity index (χ0) is 14.5. The zero-order valence-corrected chi connectivity index (χ0v) is 12.0. The fourth-order valence-electron chi connectivity index (χ4n) is 2.73. The van der Waals surface area contributed by atoms with Crippen LogP contribution in [0, 0.1) is 5.41 Å². The number of carboxylic acids is 1. The van der Waals surface area contributed by atoms with Crippen LogP contribution in [-0.4, -0.2) is 41.0 Å². The minimum atomic E-state index is -0.732. The monoisotopic (exact) mass is 270 g/mol. The van der Waals surface area contributed by atoms with E-state index in [4.69, 9.17) is 5.73 Å². The van der Waals surface area contributed by atoms with Gasteiger partial charge in [0.25, 0.3) is 0 Å². The molecule has 1 amide bonds. The Labute approximate surface area is 115 Å². The smallest absolute Gasteiger partial charge is 0.309 e. The van der Waals surface area contributed by atoms with E-state index in [9.17, 15) is 14.7 Å². The molecule has 3 N–H and O–H groups in total. The van der Waals surface area contributed by atoms with E-state index in [2.05, 4.69) is 0 Å². The second-order valence-corrected chi connectivity index (χ2v) is 5.57. The van der Waals surface area contributed by atoms with Crippen LogP contribution in [0.1, 0.15) is 52.4 Å². The lowest BCUT2D eigenvalue weighted by molar-refractivity contribution is -0.154. The molecular weight excluding hydrogens is 244 g/mol. The molecule has 1 heterocycles. The Bertz CT molecular complexity index is 323. The Morgan fingerprint density at radius 3 is 2.32 bits per heavy atom. The first-order valence-corrected chi connectivity index (χ1v) is 7.22. The summed E-state index contributed by atoms with van der Waals surface area (Å²) in [6, 6.07) is -0.0742. The number of aliphatic carboxylic acids is 1. The third kappa shape index (κ3) is 3.93. The van der Waals surface area contributed by atoms with Crippen LogP contribution in [0.15, 0.2) is 0 Å². The van der Waals surface area contributed by atoms with Crippen molar-refractivity contribution in [2.45, 2.75) is 58.4 Å². The van der Waals surface area contributed by atoms with Gasteiger partial charge in [0.2, 0.25) is 5.91 Å². The molecule has 1 unspecified atom stereocenters. The van der Waals surface area contributed by atoms with Crippen molar-refractivity contribution in [3.05, 3.63) is 0 Å². The number of carbonyl (C=O) groups excluding carboxylic acids is 1. The number of hydrogen-bond donors (Lipinski definition) is 2. The van der Waals surface area contributed by atoms with Gasteiger partial charge in [0, 0.05) is 25.6 Å². The summed E-state index contributed by atoms with van der Waals surface area (Å²) in [4.78, 5) is 25.1. The number of piperidine rings is 1. The molecule has 0 bridgehead atoms. The maximum absolute atomic E-state index is 12.1. The fourth-order valence-corrected chi connectivity index (χ4v) is 2.73. The molecule has 1 saturated heterocycles. The molecule has 5 nitrogen and oxygen atoms in total. The highest BCUT2D eigenvalue weighted by molar-refractivity contribution is 5.78. The Morgan fingerprint density at radius 1 is 1.32 bits per heavy atom. The molecule has 1 rings (SSSR count). The van der Waals surface area contributed by atoms with Crippen LogP contribution in [0.4, 0.5) is 0 Å². The van der Waals surface area contributed by atoms with Crippen molar-refractivity contribution in [2.75, 3.05) is 13.1 Å². The molecule has 110 valence electrons. The quantitative estimate of drug-likeness (QED) is 0.768. The molecule has 5 heteroatoms. The van der Waals surface area contributed by atoms with Gasteiger partial charge in [-0.15, -0.1) is 0 Å². The lowest BCUT2D eigenvalue weighted by Gasteiger charge is -2.38. The predicted octanol–water partition coefficient (Wildman–Crippen LogP) is 1.61. The van der Waals surface area contributed by atoms with Crippen LogP contribution in [-0.2, 0) is 9.59 Å². The number of carboxylic acid groups (broad SMARTS) is 1. The van der Waals surface area contributed by atoms with E-state index in [-0.39, 0.29) is 11.9 Å². The van der Waals surface area contributed by atoms with Gasteiger partial charge in [0.05, 0.1) is 5.41 Å². The summed E-state index contributed by atoms with van der Waals surface area (Å²) in [5.41, 5.74) is 5.24.